The van der Waals surface area contributed by atoms with Crippen molar-refractivity contribution in [3.8, 4) is 0 Å². The highest BCUT2D eigenvalue weighted by Crippen LogP contribution is 2.30. The quantitative estimate of drug-likeness (QED) is 0.753. The van der Waals surface area contributed by atoms with Crippen molar-refractivity contribution in [1.29, 1.82) is 0 Å². The molecule has 6 heteroatoms. The topological polar surface area (TPSA) is 75.3 Å². The number of carboxylic acids is 1. The first-order valence-corrected chi connectivity index (χ1v) is 5.75. The summed E-state index contributed by atoms with van der Waals surface area (Å²) in [4.78, 5) is 11.0. The van der Waals surface area contributed by atoms with Crippen LogP contribution in [0.15, 0.2) is 30.3 Å². The molecule has 2 rings (SSSR count). The van der Waals surface area contributed by atoms with Crippen LogP contribution in [0, 0.1) is 18.6 Å². The second-order valence-electron chi connectivity index (χ2n) is 4.25. The molecule has 2 aromatic carbocycles. The van der Waals surface area contributed by atoms with Gasteiger partial charge in [-0.2, -0.15) is 0 Å². The van der Waals surface area contributed by atoms with Gasteiger partial charge in [-0.05, 0) is 30.7 Å². The fourth-order valence-corrected chi connectivity index (χ4v) is 1.77. The average Bonchev–Trinajstić information content (AvgIpc) is 2.40. The molecule has 0 radical (unpaired) electrons. The molecule has 0 aliphatic carbocycles. The Labute approximate surface area is 113 Å². The summed E-state index contributed by atoms with van der Waals surface area (Å²) in [6, 6.07) is 6.63. The van der Waals surface area contributed by atoms with E-state index in [1.54, 1.807) is 0 Å². The molecule has 0 heterocycles. The van der Waals surface area contributed by atoms with Crippen molar-refractivity contribution >= 4 is 23.0 Å². The molecule has 4 N–H and O–H groups in total. The Balaban J connectivity index is 2.49. The van der Waals surface area contributed by atoms with E-state index in [4.69, 9.17) is 10.8 Å². The van der Waals surface area contributed by atoms with Gasteiger partial charge < -0.3 is 16.2 Å². The summed E-state index contributed by atoms with van der Waals surface area (Å²) < 4.78 is 27.5. The maximum Gasteiger partial charge on any atom is 0.337 e. The lowest BCUT2D eigenvalue weighted by molar-refractivity contribution is 0.0698. The van der Waals surface area contributed by atoms with E-state index in [1.807, 2.05) is 0 Å². The third kappa shape index (κ3) is 2.40. The molecule has 0 fully saturated rings. The van der Waals surface area contributed by atoms with Crippen molar-refractivity contribution in [3.63, 3.8) is 0 Å². The van der Waals surface area contributed by atoms with Crippen molar-refractivity contribution in [3.05, 3.63) is 53.1 Å². The number of benzene rings is 2. The average molecular weight is 278 g/mol. The number of para-hydroxylation sites is 1. The summed E-state index contributed by atoms with van der Waals surface area (Å²) in [6.07, 6.45) is 0. The van der Waals surface area contributed by atoms with Crippen LogP contribution in [-0.4, -0.2) is 11.1 Å². The number of nitrogen functional groups attached to an aromatic ring is 1. The number of halogens is 2. The molecule has 4 nitrogen and oxygen atoms in total. The Kier molecular flexibility index (Phi) is 3.56. The van der Waals surface area contributed by atoms with Crippen LogP contribution in [0.3, 0.4) is 0 Å². The Hall–Kier alpha value is -2.63. The lowest BCUT2D eigenvalue weighted by atomic mass is 10.1. The summed E-state index contributed by atoms with van der Waals surface area (Å²) in [5.41, 5.74) is 5.50. The fraction of sp³-hybridized carbons (Fsp3) is 0.0714. The van der Waals surface area contributed by atoms with Gasteiger partial charge in [0.1, 0.15) is 11.5 Å². The largest absolute Gasteiger partial charge is 0.478 e. The van der Waals surface area contributed by atoms with Crippen molar-refractivity contribution in [1.82, 2.24) is 0 Å². The normalized spacial score (nSPS) is 10.3. The number of carbonyl (C=O) groups is 1. The molecular formula is C14H12F2N2O2. The Morgan fingerprint density at radius 3 is 2.60 bits per heavy atom. The van der Waals surface area contributed by atoms with Gasteiger partial charge in [-0.25, -0.2) is 13.6 Å². The number of aryl methyl sites for hydroxylation is 1. The summed E-state index contributed by atoms with van der Waals surface area (Å²) in [7, 11) is 0. The van der Waals surface area contributed by atoms with E-state index in [-0.39, 0.29) is 28.2 Å². The van der Waals surface area contributed by atoms with Gasteiger partial charge >= 0.3 is 5.97 Å². The van der Waals surface area contributed by atoms with E-state index in [2.05, 4.69) is 5.32 Å². The molecule has 0 bridgehead atoms. The minimum Gasteiger partial charge on any atom is -0.478 e. The van der Waals surface area contributed by atoms with Crippen LogP contribution in [0.1, 0.15) is 15.9 Å². The second-order valence-corrected chi connectivity index (χ2v) is 4.25. The van der Waals surface area contributed by atoms with Crippen LogP contribution in [0.25, 0.3) is 0 Å². The van der Waals surface area contributed by atoms with Crippen molar-refractivity contribution < 1.29 is 18.7 Å². The van der Waals surface area contributed by atoms with Gasteiger partial charge in [-0.15, -0.1) is 0 Å². The van der Waals surface area contributed by atoms with Gasteiger partial charge in [-0.3, -0.25) is 0 Å². The molecule has 0 aliphatic rings. The van der Waals surface area contributed by atoms with E-state index >= 15 is 0 Å². The lowest BCUT2D eigenvalue weighted by Crippen LogP contribution is -2.07. The molecule has 0 unspecified atom stereocenters. The lowest BCUT2D eigenvalue weighted by Gasteiger charge is -2.13. The number of aromatic carboxylic acids is 1. The highest BCUT2D eigenvalue weighted by atomic mass is 19.1. The van der Waals surface area contributed by atoms with Gasteiger partial charge in [0.05, 0.1) is 16.9 Å². The fourth-order valence-electron chi connectivity index (χ4n) is 1.77. The minimum atomic E-state index is -1.21. The molecule has 0 spiro atoms. The highest BCUT2D eigenvalue weighted by Gasteiger charge is 2.15. The molecule has 0 saturated carbocycles. The first kappa shape index (κ1) is 13.8. The monoisotopic (exact) mass is 278 g/mol. The molecular weight excluding hydrogens is 266 g/mol. The molecule has 104 valence electrons. The Bertz CT molecular complexity index is 687. The Morgan fingerprint density at radius 1 is 1.25 bits per heavy atom. The van der Waals surface area contributed by atoms with Gasteiger partial charge in [0.2, 0.25) is 0 Å². The summed E-state index contributed by atoms with van der Waals surface area (Å²) in [5.74, 6) is -2.74. The zero-order valence-electron chi connectivity index (χ0n) is 10.6. The maximum absolute atomic E-state index is 13.9. The van der Waals surface area contributed by atoms with Gasteiger partial charge in [0.15, 0.2) is 5.82 Å². The van der Waals surface area contributed by atoms with Crippen molar-refractivity contribution in [2.24, 2.45) is 0 Å². The molecule has 0 aliphatic heterocycles. The number of anilines is 3. The molecule has 0 amide bonds. The van der Waals surface area contributed by atoms with Crippen LogP contribution in [0.4, 0.5) is 25.8 Å². The predicted octanol–water partition coefficient (Wildman–Crippen LogP) is 3.30. The summed E-state index contributed by atoms with van der Waals surface area (Å²) in [5, 5.41) is 11.5. The summed E-state index contributed by atoms with van der Waals surface area (Å²) in [6.45, 7) is 1.50. The third-order valence-electron chi connectivity index (χ3n) is 2.88. The van der Waals surface area contributed by atoms with Crippen molar-refractivity contribution in [2.45, 2.75) is 6.92 Å². The van der Waals surface area contributed by atoms with Gasteiger partial charge in [0.25, 0.3) is 0 Å². The summed E-state index contributed by atoms with van der Waals surface area (Å²) >= 11 is 0. The van der Waals surface area contributed by atoms with Gasteiger partial charge in [0, 0.05) is 0 Å². The van der Waals surface area contributed by atoms with Crippen LogP contribution in [0.2, 0.25) is 0 Å². The number of nitrogens with one attached hydrogen (secondary N) is 1. The zero-order chi connectivity index (χ0) is 14.9. The number of nitrogens with two attached hydrogens (primary N) is 1. The second kappa shape index (κ2) is 5.16. The van der Waals surface area contributed by atoms with Crippen molar-refractivity contribution in [2.75, 3.05) is 11.1 Å². The first-order valence-electron chi connectivity index (χ1n) is 5.75. The number of rotatable bonds is 3. The van der Waals surface area contributed by atoms with Crippen LogP contribution >= 0.6 is 0 Å². The molecule has 2 aromatic rings. The molecule has 0 atom stereocenters. The SMILES string of the molecule is Cc1ccc(F)c(Nc2cccc(C(=O)O)c2N)c1F. The molecule has 0 aromatic heterocycles. The van der Waals surface area contributed by atoms with E-state index in [0.717, 1.165) is 6.07 Å². The van der Waals surface area contributed by atoms with Gasteiger partial charge in [-0.1, -0.05) is 12.1 Å². The first-order chi connectivity index (χ1) is 9.41. The van der Waals surface area contributed by atoms with Crippen LogP contribution in [-0.2, 0) is 0 Å². The van der Waals surface area contributed by atoms with Crippen LogP contribution in [0.5, 0.6) is 0 Å². The highest BCUT2D eigenvalue weighted by molar-refractivity contribution is 5.97. The zero-order valence-corrected chi connectivity index (χ0v) is 10.6. The number of carboxylic acid groups (broad SMARTS) is 1. The minimum absolute atomic E-state index is 0.0830. The number of hydrogen-bond acceptors (Lipinski definition) is 3. The van der Waals surface area contributed by atoms with E-state index in [1.165, 1.54) is 31.2 Å². The molecule has 0 saturated heterocycles. The van der Waals surface area contributed by atoms with E-state index in [9.17, 15) is 13.6 Å². The van der Waals surface area contributed by atoms with Crippen LogP contribution < -0.4 is 11.1 Å². The predicted molar refractivity (Wildman–Crippen MR) is 72.2 cm³/mol. The third-order valence-corrected chi connectivity index (χ3v) is 2.88. The van der Waals surface area contributed by atoms with E-state index < -0.39 is 17.6 Å². The standard InChI is InChI=1S/C14H12F2N2O2/c1-7-5-6-9(15)13(11(7)16)18-10-4-2-3-8(12(10)17)14(19)20/h2-6,18H,17H2,1H3,(H,19,20). The Morgan fingerprint density at radius 2 is 1.95 bits per heavy atom. The molecule has 20 heavy (non-hydrogen) atoms. The van der Waals surface area contributed by atoms with E-state index in [0.29, 0.717) is 0 Å². The maximum atomic E-state index is 13.9. The number of hydrogen-bond donors (Lipinski definition) is 3. The smallest absolute Gasteiger partial charge is 0.337 e.